The largest absolute Gasteiger partial charge is 0.347 e. The molecule has 0 radical (unpaired) electrons. The van der Waals surface area contributed by atoms with Crippen molar-refractivity contribution in [1.29, 1.82) is 0 Å². The molecule has 1 aromatic heterocycles. The predicted molar refractivity (Wildman–Crippen MR) is 70.4 cm³/mol. The van der Waals surface area contributed by atoms with Gasteiger partial charge >= 0.3 is 0 Å². The van der Waals surface area contributed by atoms with Gasteiger partial charge in [0.05, 0.1) is 0 Å². The summed E-state index contributed by atoms with van der Waals surface area (Å²) < 4.78 is 0. The third-order valence-electron chi connectivity index (χ3n) is 2.29. The first-order valence-corrected chi connectivity index (χ1v) is 6.28. The lowest BCUT2D eigenvalue weighted by molar-refractivity contribution is 0.913. The number of anilines is 1. The van der Waals surface area contributed by atoms with Crippen LogP contribution in [0, 0.1) is 6.92 Å². The van der Waals surface area contributed by atoms with Gasteiger partial charge in [0, 0.05) is 19.0 Å². The molecule has 0 amide bonds. The molecule has 0 bridgehead atoms. The maximum atomic E-state index is 5.81. The summed E-state index contributed by atoms with van der Waals surface area (Å²) in [6.45, 7) is 2.95. The highest BCUT2D eigenvalue weighted by Crippen LogP contribution is 2.23. The van der Waals surface area contributed by atoms with Gasteiger partial charge in [0.2, 0.25) is 0 Å². The number of rotatable bonds is 3. The van der Waals surface area contributed by atoms with Crippen LogP contribution < -0.4 is 4.90 Å². The fourth-order valence-corrected chi connectivity index (χ4v) is 2.49. The minimum absolute atomic E-state index is 0.566. The fourth-order valence-electron chi connectivity index (χ4n) is 1.57. The van der Waals surface area contributed by atoms with Crippen molar-refractivity contribution in [2.75, 3.05) is 11.9 Å². The summed E-state index contributed by atoms with van der Waals surface area (Å²) in [6.07, 6.45) is 0. The van der Waals surface area contributed by atoms with E-state index in [9.17, 15) is 0 Å². The van der Waals surface area contributed by atoms with E-state index in [1.54, 1.807) is 11.3 Å². The average Bonchev–Trinajstić information content (AvgIpc) is 2.65. The van der Waals surface area contributed by atoms with Gasteiger partial charge in [0.25, 0.3) is 0 Å². The van der Waals surface area contributed by atoms with Crippen molar-refractivity contribution >= 4 is 28.1 Å². The highest BCUT2D eigenvalue weighted by Gasteiger charge is 2.06. The van der Waals surface area contributed by atoms with E-state index in [0.29, 0.717) is 5.15 Å². The normalized spacial score (nSPS) is 10.4. The second-order valence-electron chi connectivity index (χ2n) is 3.80. The van der Waals surface area contributed by atoms with E-state index in [2.05, 4.69) is 41.1 Å². The van der Waals surface area contributed by atoms with Gasteiger partial charge in [-0.25, -0.2) is 4.98 Å². The molecule has 0 aliphatic carbocycles. The van der Waals surface area contributed by atoms with Crippen LogP contribution in [0.25, 0.3) is 0 Å². The molecular weight excluding hydrogens is 240 g/mol. The van der Waals surface area contributed by atoms with E-state index in [-0.39, 0.29) is 0 Å². The fraction of sp³-hybridized carbons (Fsp3) is 0.250. The predicted octanol–water partition coefficient (Wildman–Crippen LogP) is 3.74. The molecule has 0 aliphatic heterocycles. The SMILES string of the molecule is Cc1cccc(CN(C)c2nc(Cl)cs2)c1. The van der Waals surface area contributed by atoms with Crippen molar-refractivity contribution in [3.8, 4) is 0 Å². The van der Waals surface area contributed by atoms with Gasteiger partial charge < -0.3 is 4.90 Å². The lowest BCUT2D eigenvalue weighted by Gasteiger charge is -2.15. The number of aromatic nitrogens is 1. The zero-order valence-electron chi connectivity index (χ0n) is 9.27. The van der Waals surface area contributed by atoms with Crippen molar-refractivity contribution < 1.29 is 0 Å². The van der Waals surface area contributed by atoms with Crippen LogP contribution in [0.2, 0.25) is 5.15 Å². The first-order chi connectivity index (χ1) is 7.65. The monoisotopic (exact) mass is 252 g/mol. The van der Waals surface area contributed by atoms with E-state index in [0.717, 1.165) is 11.7 Å². The molecule has 1 aromatic carbocycles. The Morgan fingerprint density at radius 1 is 1.44 bits per heavy atom. The van der Waals surface area contributed by atoms with Crippen molar-refractivity contribution in [2.24, 2.45) is 0 Å². The summed E-state index contributed by atoms with van der Waals surface area (Å²) in [5.41, 5.74) is 2.57. The van der Waals surface area contributed by atoms with E-state index in [4.69, 9.17) is 11.6 Å². The third-order valence-corrected chi connectivity index (χ3v) is 3.57. The topological polar surface area (TPSA) is 16.1 Å². The second kappa shape index (κ2) is 4.85. The molecule has 2 aromatic rings. The lowest BCUT2D eigenvalue weighted by Crippen LogP contribution is -2.15. The minimum Gasteiger partial charge on any atom is -0.347 e. The van der Waals surface area contributed by atoms with Gasteiger partial charge in [-0.3, -0.25) is 0 Å². The highest BCUT2D eigenvalue weighted by atomic mass is 35.5. The molecule has 0 spiro atoms. The summed E-state index contributed by atoms with van der Waals surface area (Å²) in [7, 11) is 2.03. The Hall–Kier alpha value is -1.06. The molecule has 84 valence electrons. The molecular formula is C12H13ClN2S. The minimum atomic E-state index is 0.566. The van der Waals surface area contributed by atoms with Crippen LogP contribution in [0.15, 0.2) is 29.6 Å². The number of hydrogen-bond acceptors (Lipinski definition) is 3. The molecule has 0 unspecified atom stereocenters. The summed E-state index contributed by atoms with van der Waals surface area (Å²) in [4.78, 5) is 6.34. The first-order valence-electron chi connectivity index (χ1n) is 5.03. The number of benzene rings is 1. The standard InChI is InChI=1S/C12H13ClN2S/c1-9-4-3-5-10(6-9)7-15(2)12-14-11(13)8-16-12/h3-6,8H,7H2,1-2H3. The van der Waals surface area contributed by atoms with Crippen molar-refractivity contribution in [1.82, 2.24) is 4.98 Å². The summed E-state index contributed by atoms with van der Waals surface area (Å²) in [6, 6.07) is 8.49. The molecule has 0 N–H and O–H groups in total. The van der Waals surface area contributed by atoms with Crippen molar-refractivity contribution in [3.63, 3.8) is 0 Å². The summed E-state index contributed by atoms with van der Waals surface area (Å²) >= 11 is 7.37. The van der Waals surface area contributed by atoms with Gasteiger partial charge in [0.15, 0.2) is 5.13 Å². The molecule has 2 nitrogen and oxygen atoms in total. The molecule has 0 saturated carbocycles. The lowest BCUT2D eigenvalue weighted by atomic mass is 10.1. The quantitative estimate of drug-likeness (QED) is 0.827. The number of nitrogens with zero attached hydrogens (tertiary/aromatic N) is 2. The van der Waals surface area contributed by atoms with Gasteiger partial charge in [0.1, 0.15) is 5.15 Å². The van der Waals surface area contributed by atoms with Crippen LogP contribution in [-0.4, -0.2) is 12.0 Å². The summed E-state index contributed by atoms with van der Waals surface area (Å²) in [5, 5.41) is 3.37. The number of aryl methyl sites for hydroxylation is 1. The van der Waals surface area contributed by atoms with E-state index >= 15 is 0 Å². The molecule has 0 saturated heterocycles. The maximum Gasteiger partial charge on any atom is 0.186 e. The zero-order chi connectivity index (χ0) is 11.5. The molecule has 0 atom stereocenters. The van der Waals surface area contributed by atoms with Crippen LogP contribution in [0.1, 0.15) is 11.1 Å². The number of hydrogen-bond donors (Lipinski definition) is 0. The number of halogens is 1. The Labute approximate surface area is 105 Å². The van der Waals surface area contributed by atoms with Gasteiger partial charge in [-0.2, -0.15) is 0 Å². The number of thiazole rings is 1. The van der Waals surface area contributed by atoms with E-state index < -0.39 is 0 Å². The Bertz CT molecular complexity index is 481. The molecule has 4 heteroatoms. The van der Waals surface area contributed by atoms with E-state index in [1.807, 2.05) is 12.4 Å². The van der Waals surface area contributed by atoms with Crippen LogP contribution in [0.5, 0.6) is 0 Å². The smallest absolute Gasteiger partial charge is 0.186 e. The van der Waals surface area contributed by atoms with E-state index in [1.165, 1.54) is 11.1 Å². The van der Waals surface area contributed by atoms with Crippen LogP contribution >= 0.6 is 22.9 Å². The second-order valence-corrected chi connectivity index (χ2v) is 5.02. The van der Waals surface area contributed by atoms with Crippen molar-refractivity contribution in [3.05, 3.63) is 45.9 Å². The molecule has 16 heavy (non-hydrogen) atoms. The average molecular weight is 253 g/mol. The Kier molecular flexibility index (Phi) is 3.46. The third kappa shape index (κ3) is 2.74. The maximum absolute atomic E-state index is 5.81. The Morgan fingerprint density at radius 3 is 2.88 bits per heavy atom. The molecule has 2 rings (SSSR count). The molecule has 0 fully saturated rings. The molecule has 1 heterocycles. The zero-order valence-corrected chi connectivity index (χ0v) is 10.8. The summed E-state index contributed by atoms with van der Waals surface area (Å²) in [5.74, 6) is 0. The highest BCUT2D eigenvalue weighted by molar-refractivity contribution is 7.14. The van der Waals surface area contributed by atoms with Crippen LogP contribution in [0.3, 0.4) is 0 Å². The molecule has 0 aliphatic rings. The first kappa shape index (κ1) is 11.4. The van der Waals surface area contributed by atoms with Crippen LogP contribution in [-0.2, 0) is 6.54 Å². The van der Waals surface area contributed by atoms with Gasteiger partial charge in [-0.15, -0.1) is 11.3 Å². The van der Waals surface area contributed by atoms with Gasteiger partial charge in [-0.05, 0) is 12.5 Å². The Balaban J connectivity index is 2.10. The Morgan fingerprint density at radius 2 is 2.25 bits per heavy atom. The van der Waals surface area contributed by atoms with Crippen LogP contribution in [0.4, 0.5) is 5.13 Å². The van der Waals surface area contributed by atoms with Crippen molar-refractivity contribution in [2.45, 2.75) is 13.5 Å². The van der Waals surface area contributed by atoms with Gasteiger partial charge in [-0.1, -0.05) is 41.4 Å².